The molecule has 6 heteroatoms. The zero-order valence-electron chi connectivity index (χ0n) is 12.2. The molecule has 0 atom stereocenters. The number of aryl methyl sites for hydroxylation is 2. The van der Waals surface area contributed by atoms with Crippen LogP contribution >= 0.6 is 35.3 Å². The van der Waals surface area contributed by atoms with Gasteiger partial charge in [0.25, 0.3) is 0 Å². The predicted molar refractivity (Wildman–Crippen MR) is 95.0 cm³/mol. The van der Waals surface area contributed by atoms with Gasteiger partial charge in [-0.3, -0.25) is 4.99 Å². The van der Waals surface area contributed by atoms with Crippen molar-refractivity contribution in [2.75, 3.05) is 19.6 Å². The Hall–Kier alpha value is -0.370. The van der Waals surface area contributed by atoms with Crippen LogP contribution in [-0.2, 0) is 6.42 Å². The molecule has 0 aliphatic carbocycles. The first-order valence-electron chi connectivity index (χ1n) is 6.62. The molecule has 1 rings (SSSR count). The molecule has 0 bridgehead atoms. The molecule has 0 spiro atoms. The molecule has 110 valence electrons. The summed E-state index contributed by atoms with van der Waals surface area (Å²) < 4.78 is 0. The first-order valence-corrected chi connectivity index (χ1v) is 7.44. The van der Waals surface area contributed by atoms with Gasteiger partial charge in [-0.05, 0) is 27.2 Å². The first kappa shape index (κ1) is 18.6. The second kappa shape index (κ2) is 10.4. The van der Waals surface area contributed by atoms with Gasteiger partial charge in [0.1, 0.15) is 0 Å². The van der Waals surface area contributed by atoms with Crippen LogP contribution in [0, 0.1) is 13.8 Å². The van der Waals surface area contributed by atoms with Crippen LogP contribution in [-0.4, -0.2) is 30.6 Å². The lowest BCUT2D eigenvalue weighted by molar-refractivity contribution is 0.795. The molecule has 0 aliphatic heterocycles. The fraction of sp³-hybridized carbons (Fsp3) is 0.692. The largest absolute Gasteiger partial charge is 0.357 e. The molecular weight excluding hydrogens is 371 g/mol. The molecule has 0 saturated heterocycles. The molecule has 0 aromatic carbocycles. The monoisotopic (exact) mass is 396 g/mol. The molecule has 1 aromatic rings. The van der Waals surface area contributed by atoms with E-state index in [4.69, 9.17) is 0 Å². The number of halogens is 1. The van der Waals surface area contributed by atoms with E-state index in [1.807, 2.05) is 0 Å². The fourth-order valence-electron chi connectivity index (χ4n) is 1.67. The molecule has 4 nitrogen and oxygen atoms in total. The van der Waals surface area contributed by atoms with E-state index in [0.717, 1.165) is 49.1 Å². The smallest absolute Gasteiger partial charge is 0.191 e. The number of nitrogens with zero attached hydrogens (tertiary/aromatic N) is 2. The maximum atomic E-state index is 4.47. The van der Waals surface area contributed by atoms with Crippen LogP contribution in [0.1, 0.15) is 35.8 Å². The van der Waals surface area contributed by atoms with Crippen molar-refractivity contribution < 1.29 is 0 Å². The van der Waals surface area contributed by atoms with Crippen LogP contribution in [0.4, 0.5) is 0 Å². The SMILES string of the molecule is CCCN=C(NCC)NCCc1sc(C)nc1C.I. The number of aliphatic imine (C=N–C) groups is 1. The minimum atomic E-state index is 0. The van der Waals surface area contributed by atoms with E-state index in [-0.39, 0.29) is 24.0 Å². The summed E-state index contributed by atoms with van der Waals surface area (Å²) in [6, 6.07) is 0. The Labute approximate surface area is 137 Å². The van der Waals surface area contributed by atoms with E-state index in [1.165, 1.54) is 4.88 Å². The van der Waals surface area contributed by atoms with Gasteiger partial charge in [0.15, 0.2) is 5.96 Å². The lowest BCUT2D eigenvalue weighted by Crippen LogP contribution is -2.38. The number of aromatic nitrogens is 1. The van der Waals surface area contributed by atoms with Crippen LogP contribution in [0.2, 0.25) is 0 Å². The number of thiazole rings is 1. The summed E-state index contributed by atoms with van der Waals surface area (Å²) in [6.45, 7) is 11.0. The number of nitrogens with one attached hydrogen (secondary N) is 2. The topological polar surface area (TPSA) is 49.3 Å². The van der Waals surface area contributed by atoms with Crippen molar-refractivity contribution in [3.8, 4) is 0 Å². The van der Waals surface area contributed by atoms with Gasteiger partial charge in [0.2, 0.25) is 0 Å². The van der Waals surface area contributed by atoms with E-state index >= 15 is 0 Å². The summed E-state index contributed by atoms with van der Waals surface area (Å²) in [4.78, 5) is 10.3. The zero-order chi connectivity index (χ0) is 13.4. The zero-order valence-corrected chi connectivity index (χ0v) is 15.4. The molecule has 0 fully saturated rings. The van der Waals surface area contributed by atoms with E-state index in [1.54, 1.807) is 11.3 Å². The van der Waals surface area contributed by atoms with Crippen molar-refractivity contribution >= 4 is 41.3 Å². The highest BCUT2D eigenvalue weighted by Gasteiger charge is 2.04. The summed E-state index contributed by atoms with van der Waals surface area (Å²) >= 11 is 1.79. The molecule has 0 saturated carbocycles. The van der Waals surface area contributed by atoms with Crippen molar-refractivity contribution in [3.63, 3.8) is 0 Å². The molecule has 19 heavy (non-hydrogen) atoms. The minimum absolute atomic E-state index is 0. The van der Waals surface area contributed by atoms with Gasteiger partial charge >= 0.3 is 0 Å². The summed E-state index contributed by atoms with van der Waals surface area (Å²) in [5.74, 6) is 0.915. The second-order valence-corrected chi connectivity index (χ2v) is 5.47. The standard InChI is InChI=1S/C13H24N4S.HI/c1-5-8-15-13(14-6-2)16-9-7-12-10(3)17-11(4)18-12;/h5-9H2,1-4H3,(H2,14,15,16);1H. The Morgan fingerprint density at radius 1 is 1.26 bits per heavy atom. The Balaban J connectivity index is 0.00000324. The van der Waals surface area contributed by atoms with Crippen molar-refractivity contribution in [1.82, 2.24) is 15.6 Å². The van der Waals surface area contributed by atoms with E-state index < -0.39 is 0 Å². The summed E-state index contributed by atoms with van der Waals surface area (Å²) in [7, 11) is 0. The van der Waals surface area contributed by atoms with Crippen LogP contribution in [0.5, 0.6) is 0 Å². The van der Waals surface area contributed by atoms with Gasteiger partial charge in [-0.2, -0.15) is 0 Å². The van der Waals surface area contributed by atoms with E-state index in [2.05, 4.69) is 48.3 Å². The quantitative estimate of drug-likeness (QED) is 0.442. The van der Waals surface area contributed by atoms with Gasteiger partial charge < -0.3 is 10.6 Å². The molecule has 2 N–H and O–H groups in total. The highest BCUT2D eigenvalue weighted by atomic mass is 127. The van der Waals surface area contributed by atoms with Crippen molar-refractivity contribution in [1.29, 1.82) is 0 Å². The Bertz CT molecular complexity index is 390. The molecule has 0 amide bonds. The maximum absolute atomic E-state index is 4.47. The lowest BCUT2D eigenvalue weighted by atomic mass is 10.3. The molecule has 0 radical (unpaired) electrons. The number of rotatable bonds is 6. The number of hydrogen-bond acceptors (Lipinski definition) is 3. The van der Waals surface area contributed by atoms with Crippen LogP contribution in [0.25, 0.3) is 0 Å². The van der Waals surface area contributed by atoms with Crippen molar-refractivity contribution in [2.45, 2.75) is 40.5 Å². The second-order valence-electron chi connectivity index (χ2n) is 4.18. The molecule has 1 aromatic heterocycles. The van der Waals surface area contributed by atoms with E-state index in [0.29, 0.717) is 0 Å². The third-order valence-electron chi connectivity index (χ3n) is 2.48. The van der Waals surface area contributed by atoms with Crippen molar-refractivity contribution in [2.24, 2.45) is 4.99 Å². The summed E-state index contributed by atoms with van der Waals surface area (Å²) in [5, 5.41) is 7.76. The highest BCUT2D eigenvalue weighted by Crippen LogP contribution is 2.16. The fourth-order valence-corrected chi connectivity index (χ4v) is 2.60. The third-order valence-corrected chi connectivity index (χ3v) is 3.61. The highest BCUT2D eigenvalue weighted by molar-refractivity contribution is 14.0. The van der Waals surface area contributed by atoms with Gasteiger partial charge in [-0.15, -0.1) is 35.3 Å². The first-order chi connectivity index (χ1) is 8.67. The van der Waals surface area contributed by atoms with Gasteiger partial charge in [0.05, 0.1) is 10.7 Å². The van der Waals surface area contributed by atoms with Crippen LogP contribution in [0.3, 0.4) is 0 Å². The summed E-state index contributed by atoms with van der Waals surface area (Å²) in [6.07, 6.45) is 2.08. The number of guanidine groups is 1. The maximum Gasteiger partial charge on any atom is 0.191 e. The van der Waals surface area contributed by atoms with E-state index in [9.17, 15) is 0 Å². The molecule has 0 aliphatic rings. The Morgan fingerprint density at radius 3 is 2.53 bits per heavy atom. The predicted octanol–water partition coefficient (Wildman–Crippen LogP) is 2.89. The molecular formula is C13H25IN4S. The van der Waals surface area contributed by atoms with Gasteiger partial charge in [0, 0.05) is 30.9 Å². The number of hydrogen-bond donors (Lipinski definition) is 2. The third kappa shape index (κ3) is 7.10. The Kier molecular flexibility index (Phi) is 10.2. The average molecular weight is 396 g/mol. The van der Waals surface area contributed by atoms with Gasteiger partial charge in [-0.1, -0.05) is 6.92 Å². The van der Waals surface area contributed by atoms with Crippen LogP contribution < -0.4 is 10.6 Å². The average Bonchev–Trinajstić information content (AvgIpc) is 2.65. The lowest BCUT2D eigenvalue weighted by Gasteiger charge is -2.10. The summed E-state index contributed by atoms with van der Waals surface area (Å²) in [5.41, 5.74) is 1.16. The Morgan fingerprint density at radius 2 is 2.00 bits per heavy atom. The van der Waals surface area contributed by atoms with Crippen molar-refractivity contribution in [3.05, 3.63) is 15.6 Å². The van der Waals surface area contributed by atoms with Gasteiger partial charge in [-0.25, -0.2) is 4.98 Å². The molecule has 0 unspecified atom stereocenters. The van der Waals surface area contributed by atoms with Crippen LogP contribution in [0.15, 0.2) is 4.99 Å². The normalized spacial score (nSPS) is 11.1. The molecule has 1 heterocycles. The minimum Gasteiger partial charge on any atom is -0.357 e.